The summed E-state index contributed by atoms with van der Waals surface area (Å²) in [6.07, 6.45) is 6.22. The number of hydrogen-bond acceptors (Lipinski definition) is 4. The number of nitrogens with zero attached hydrogens (tertiary/aromatic N) is 1. The summed E-state index contributed by atoms with van der Waals surface area (Å²) < 4.78 is 11.6. The summed E-state index contributed by atoms with van der Waals surface area (Å²) in [5, 5.41) is 4.10. The van der Waals surface area contributed by atoms with Crippen LogP contribution in [0, 0.1) is 0 Å². The molecule has 0 aliphatic carbocycles. The third-order valence-corrected chi connectivity index (χ3v) is 4.91. The van der Waals surface area contributed by atoms with E-state index in [-0.39, 0.29) is 5.91 Å². The van der Waals surface area contributed by atoms with Crippen molar-refractivity contribution in [2.24, 2.45) is 5.10 Å². The van der Waals surface area contributed by atoms with Crippen LogP contribution in [0.1, 0.15) is 54.1 Å². The third kappa shape index (κ3) is 7.58. The number of para-hydroxylation sites is 1. The van der Waals surface area contributed by atoms with E-state index in [0.717, 1.165) is 23.3 Å². The molecule has 0 aliphatic rings. The Morgan fingerprint density at radius 3 is 2.41 bits per heavy atom. The molecule has 0 unspecified atom stereocenters. The van der Waals surface area contributed by atoms with Gasteiger partial charge in [-0.2, -0.15) is 5.10 Å². The molecule has 0 radical (unpaired) electrons. The van der Waals surface area contributed by atoms with Crippen molar-refractivity contribution < 1.29 is 14.3 Å². The van der Waals surface area contributed by atoms with Crippen LogP contribution in [0.15, 0.2) is 84.0 Å². The van der Waals surface area contributed by atoms with Crippen LogP contribution in [0.2, 0.25) is 0 Å². The molecule has 3 aromatic rings. The van der Waals surface area contributed by atoms with Gasteiger partial charge in [-0.15, -0.1) is 0 Å². The van der Waals surface area contributed by atoms with Gasteiger partial charge in [0, 0.05) is 11.1 Å². The van der Waals surface area contributed by atoms with Crippen molar-refractivity contribution in [2.45, 2.75) is 39.2 Å². The first-order valence-electron chi connectivity index (χ1n) is 11.1. The first kappa shape index (κ1) is 23.1. The van der Waals surface area contributed by atoms with Crippen molar-refractivity contribution in [1.82, 2.24) is 5.43 Å². The van der Waals surface area contributed by atoms with Crippen molar-refractivity contribution in [3.05, 3.63) is 95.6 Å². The highest BCUT2D eigenvalue weighted by Gasteiger charge is 2.05. The van der Waals surface area contributed by atoms with Crippen molar-refractivity contribution in [3.8, 4) is 11.5 Å². The molecule has 0 fully saturated rings. The number of carbonyl (C=O) groups excluding carboxylic acids is 1. The smallest absolute Gasteiger partial charge is 0.271 e. The first-order chi connectivity index (χ1) is 15.8. The van der Waals surface area contributed by atoms with Crippen LogP contribution in [-0.4, -0.2) is 18.7 Å². The lowest BCUT2D eigenvalue weighted by molar-refractivity contribution is 0.0955. The zero-order chi connectivity index (χ0) is 22.4. The van der Waals surface area contributed by atoms with Crippen molar-refractivity contribution in [1.29, 1.82) is 0 Å². The highest BCUT2D eigenvalue weighted by molar-refractivity contribution is 5.95. The largest absolute Gasteiger partial charge is 0.493 e. The monoisotopic (exact) mass is 430 g/mol. The van der Waals surface area contributed by atoms with E-state index in [9.17, 15) is 4.79 Å². The number of benzene rings is 3. The molecule has 3 rings (SSSR count). The minimum absolute atomic E-state index is 0.283. The first-order valence-corrected chi connectivity index (χ1v) is 11.1. The predicted octanol–water partition coefficient (Wildman–Crippen LogP) is 5.99. The summed E-state index contributed by atoms with van der Waals surface area (Å²) in [4.78, 5) is 12.4. The fraction of sp³-hybridized carbons (Fsp3) is 0.259. The van der Waals surface area contributed by atoms with Crippen molar-refractivity contribution >= 4 is 12.1 Å². The number of amides is 1. The van der Waals surface area contributed by atoms with Gasteiger partial charge < -0.3 is 9.47 Å². The lowest BCUT2D eigenvalue weighted by Gasteiger charge is -2.09. The van der Waals surface area contributed by atoms with E-state index in [2.05, 4.69) is 17.5 Å². The Kier molecular flexibility index (Phi) is 9.34. The maximum absolute atomic E-state index is 12.4. The molecule has 0 saturated carbocycles. The van der Waals surface area contributed by atoms with Gasteiger partial charge in [0.2, 0.25) is 0 Å². The van der Waals surface area contributed by atoms with Crippen LogP contribution in [0.25, 0.3) is 0 Å². The Labute approximate surface area is 190 Å². The van der Waals surface area contributed by atoms with Gasteiger partial charge in [0.1, 0.15) is 18.1 Å². The molecule has 0 atom stereocenters. The van der Waals surface area contributed by atoms with Gasteiger partial charge in [-0.1, -0.05) is 68.7 Å². The van der Waals surface area contributed by atoms with Crippen LogP contribution in [0.5, 0.6) is 11.5 Å². The Hall–Kier alpha value is -3.60. The fourth-order valence-electron chi connectivity index (χ4n) is 3.10. The van der Waals surface area contributed by atoms with Crippen LogP contribution < -0.4 is 14.9 Å². The van der Waals surface area contributed by atoms with Gasteiger partial charge >= 0.3 is 0 Å². The Bertz CT molecular complexity index is 985. The SMILES string of the molecule is CCCCCCOc1ccccc1/C=N\NC(=O)c1ccc(OCc2ccccc2)cc1. The second kappa shape index (κ2) is 13.0. The summed E-state index contributed by atoms with van der Waals surface area (Å²) >= 11 is 0. The average Bonchev–Trinajstić information content (AvgIpc) is 2.84. The van der Waals surface area contributed by atoms with E-state index in [0.29, 0.717) is 24.5 Å². The molecule has 0 aromatic heterocycles. The zero-order valence-electron chi connectivity index (χ0n) is 18.5. The summed E-state index contributed by atoms with van der Waals surface area (Å²) in [6.45, 7) is 3.35. The van der Waals surface area contributed by atoms with E-state index in [1.807, 2.05) is 54.6 Å². The molecule has 0 spiro atoms. The average molecular weight is 431 g/mol. The summed E-state index contributed by atoms with van der Waals surface area (Å²) in [5.41, 5.74) is 5.00. The highest BCUT2D eigenvalue weighted by Crippen LogP contribution is 2.17. The molecule has 166 valence electrons. The fourth-order valence-corrected chi connectivity index (χ4v) is 3.10. The molecule has 1 N–H and O–H groups in total. The van der Waals surface area contributed by atoms with E-state index in [1.54, 1.807) is 30.5 Å². The molecule has 5 nitrogen and oxygen atoms in total. The van der Waals surface area contributed by atoms with Crippen LogP contribution in [0.3, 0.4) is 0 Å². The molecular weight excluding hydrogens is 400 g/mol. The lowest BCUT2D eigenvalue weighted by Crippen LogP contribution is -2.17. The molecule has 0 aliphatic heterocycles. The van der Waals surface area contributed by atoms with Gasteiger partial charge in [-0.3, -0.25) is 4.79 Å². The molecule has 5 heteroatoms. The minimum atomic E-state index is -0.283. The molecule has 32 heavy (non-hydrogen) atoms. The number of nitrogens with one attached hydrogen (secondary N) is 1. The Morgan fingerprint density at radius 2 is 1.62 bits per heavy atom. The Balaban J connectivity index is 1.49. The van der Waals surface area contributed by atoms with Gasteiger partial charge in [-0.25, -0.2) is 5.43 Å². The molecular formula is C27H30N2O3. The second-order valence-electron chi connectivity index (χ2n) is 7.44. The number of ether oxygens (including phenoxy) is 2. The highest BCUT2D eigenvalue weighted by atomic mass is 16.5. The summed E-state index contributed by atoms with van der Waals surface area (Å²) in [6, 6.07) is 24.6. The van der Waals surface area contributed by atoms with Gasteiger partial charge in [0.15, 0.2) is 0 Å². The topological polar surface area (TPSA) is 59.9 Å². The van der Waals surface area contributed by atoms with E-state index in [4.69, 9.17) is 9.47 Å². The predicted molar refractivity (Wildman–Crippen MR) is 128 cm³/mol. The summed E-state index contributed by atoms with van der Waals surface area (Å²) in [7, 11) is 0. The third-order valence-electron chi connectivity index (χ3n) is 4.91. The molecule has 0 heterocycles. The van der Waals surface area contributed by atoms with Crippen molar-refractivity contribution in [3.63, 3.8) is 0 Å². The molecule has 0 saturated heterocycles. The standard InChI is InChI=1S/C27H30N2O3/c1-2-3-4-10-19-31-26-14-9-8-13-24(26)20-28-29-27(30)23-15-17-25(18-16-23)32-21-22-11-6-5-7-12-22/h5-9,11-18,20H,2-4,10,19,21H2,1H3,(H,29,30)/b28-20-. The quantitative estimate of drug-likeness (QED) is 0.218. The minimum Gasteiger partial charge on any atom is -0.493 e. The van der Waals surface area contributed by atoms with Crippen LogP contribution in [0.4, 0.5) is 0 Å². The normalized spacial score (nSPS) is 10.8. The van der Waals surface area contributed by atoms with E-state index >= 15 is 0 Å². The molecule has 1 amide bonds. The van der Waals surface area contributed by atoms with Gasteiger partial charge in [-0.05, 0) is 48.4 Å². The zero-order valence-corrected chi connectivity index (χ0v) is 18.5. The number of hydrogen-bond donors (Lipinski definition) is 1. The van der Waals surface area contributed by atoms with Gasteiger partial charge in [0.25, 0.3) is 5.91 Å². The summed E-state index contributed by atoms with van der Waals surface area (Å²) in [5.74, 6) is 1.19. The van der Waals surface area contributed by atoms with Crippen LogP contribution in [-0.2, 0) is 6.61 Å². The number of rotatable bonds is 12. The van der Waals surface area contributed by atoms with Crippen LogP contribution >= 0.6 is 0 Å². The maximum atomic E-state index is 12.4. The van der Waals surface area contributed by atoms with Crippen molar-refractivity contribution in [2.75, 3.05) is 6.61 Å². The van der Waals surface area contributed by atoms with E-state index < -0.39 is 0 Å². The Morgan fingerprint density at radius 1 is 0.875 bits per heavy atom. The number of unbranched alkanes of at least 4 members (excludes halogenated alkanes) is 3. The van der Waals surface area contributed by atoms with E-state index in [1.165, 1.54) is 19.3 Å². The second-order valence-corrected chi connectivity index (χ2v) is 7.44. The molecule has 0 bridgehead atoms. The number of carbonyl (C=O) groups is 1. The molecule has 3 aromatic carbocycles. The van der Waals surface area contributed by atoms with Gasteiger partial charge in [0.05, 0.1) is 12.8 Å². The maximum Gasteiger partial charge on any atom is 0.271 e. The lowest BCUT2D eigenvalue weighted by atomic mass is 10.2. The number of hydrazone groups is 1.